The number of ether oxygens (including phenoxy) is 2. The van der Waals surface area contributed by atoms with Gasteiger partial charge in [0.15, 0.2) is 18.1 Å². The number of sulfonamides is 1. The summed E-state index contributed by atoms with van der Waals surface area (Å²) in [6.45, 7) is 4.79. The summed E-state index contributed by atoms with van der Waals surface area (Å²) in [5.74, 6) is 0.878. The van der Waals surface area contributed by atoms with Crippen LogP contribution in [0.4, 0.5) is 0 Å². The smallest absolute Gasteiger partial charge is 0.260 e. The molecule has 1 aliphatic rings. The number of para-hydroxylation sites is 2. The number of methoxy groups -OCH3 is 1. The second kappa shape index (κ2) is 8.84. The van der Waals surface area contributed by atoms with Gasteiger partial charge in [0, 0.05) is 26.2 Å². The van der Waals surface area contributed by atoms with Crippen LogP contribution in [0.25, 0.3) is 0 Å². The zero-order chi connectivity index (χ0) is 21.0. The van der Waals surface area contributed by atoms with Gasteiger partial charge in [-0.2, -0.15) is 4.31 Å². The van der Waals surface area contributed by atoms with E-state index in [1.807, 2.05) is 19.1 Å². The Kier molecular flexibility index (Phi) is 6.44. The molecule has 0 saturated carbocycles. The molecule has 2 aromatic rings. The van der Waals surface area contributed by atoms with Gasteiger partial charge in [-0.05, 0) is 37.6 Å². The summed E-state index contributed by atoms with van der Waals surface area (Å²) >= 11 is 0. The Morgan fingerprint density at radius 1 is 1.00 bits per heavy atom. The maximum atomic E-state index is 13.0. The van der Waals surface area contributed by atoms with Crippen molar-refractivity contribution in [2.75, 3.05) is 39.9 Å². The molecule has 8 heteroatoms. The Morgan fingerprint density at radius 3 is 2.28 bits per heavy atom. The first kappa shape index (κ1) is 21.1. The van der Waals surface area contributed by atoms with Crippen LogP contribution in [0.5, 0.6) is 11.5 Å². The van der Waals surface area contributed by atoms with E-state index in [9.17, 15) is 13.2 Å². The van der Waals surface area contributed by atoms with Crippen molar-refractivity contribution < 1.29 is 22.7 Å². The topological polar surface area (TPSA) is 76.2 Å². The second-order valence-electron chi connectivity index (χ2n) is 6.99. The molecule has 0 aromatic heterocycles. The van der Waals surface area contributed by atoms with Crippen molar-refractivity contribution in [1.29, 1.82) is 0 Å². The van der Waals surface area contributed by atoms with Crippen molar-refractivity contribution in [3.63, 3.8) is 0 Å². The van der Waals surface area contributed by atoms with Crippen molar-refractivity contribution in [2.45, 2.75) is 18.7 Å². The molecule has 0 radical (unpaired) electrons. The maximum Gasteiger partial charge on any atom is 0.260 e. The molecule has 156 valence electrons. The SMILES string of the molecule is COc1ccccc1OCC(=O)N1CCN(S(=O)(=O)c2ccc(C)cc2C)CC1. The van der Waals surface area contributed by atoms with Gasteiger partial charge < -0.3 is 14.4 Å². The van der Waals surface area contributed by atoms with Crippen molar-refractivity contribution in [3.8, 4) is 11.5 Å². The van der Waals surface area contributed by atoms with Crippen LogP contribution < -0.4 is 9.47 Å². The molecule has 1 fully saturated rings. The standard InChI is InChI=1S/C21H26N2O5S/c1-16-8-9-20(17(2)14-16)29(25,26)23-12-10-22(11-13-23)21(24)15-28-19-7-5-4-6-18(19)27-3/h4-9,14H,10-13,15H2,1-3H3. The molecule has 0 aliphatic carbocycles. The largest absolute Gasteiger partial charge is 0.493 e. The summed E-state index contributed by atoms with van der Waals surface area (Å²) in [7, 11) is -2.03. The highest BCUT2D eigenvalue weighted by Gasteiger charge is 2.31. The number of hydrogen-bond donors (Lipinski definition) is 0. The number of aryl methyl sites for hydroxylation is 2. The number of benzene rings is 2. The van der Waals surface area contributed by atoms with Crippen LogP contribution in [0.1, 0.15) is 11.1 Å². The van der Waals surface area contributed by atoms with Crippen molar-refractivity contribution >= 4 is 15.9 Å². The second-order valence-corrected chi connectivity index (χ2v) is 8.90. The van der Waals surface area contributed by atoms with Crippen LogP contribution in [0.2, 0.25) is 0 Å². The lowest BCUT2D eigenvalue weighted by molar-refractivity contribution is -0.134. The van der Waals surface area contributed by atoms with E-state index in [2.05, 4.69) is 0 Å². The zero-order valence-corrected chi connectivity index (χ0v) is 17.7. The number of amides is 1. The van der Waals surface area contributed by atoms with Crippen LogP contribution in [-0.4, -0.2) is 63.4 Å². The number of carbonyl (C=O) groups excluding carboxylic acids is 1. The van der Waals surface area contributed by atoms with Gasteiger partial charge in [0.05, 0.1) is 12.0 Å². The highest BCUT2D eigenvalue weighted by Crippen LogP contribution is 2.26. The minimum atomic E-state index is -3.58. The van der Waals surface area contributed by atoms with Crippen LogP contribution in [0.3, 0.4) is 0 Å². The molecule has 29 heavy (non-hydrogen) atoms. The number of piperazine rings is 1. The van der Waals surface area contributed by atoms with Gasteiger partial charge in [-0.25, -0.2) is 8.42 Å². The third kappa shape index (κ3) is 4.71. The Bertz CT molecular complexity index is 982. The van der Waals surface area contributed by atoms with E-state index < -0.39 is 10.0 Å². The number of rotatable bonds is 6. The minimum absolute atomic E-state index is 0.121. The monoisotopic (exact) mass is 418 g/mol. The minimum Gasteiger partial charge on any atom is -0.493 e. The number of carbonyl (C=O) groups is 1. The molecule has 1 heterocycles. The van der Waals surface area contributed by atoms with Gasteiger partial charge in [0.2, 0.25) is 10.0 Å². The van der Waals surface area contributed by atoms with E-state index in [4.69, 9.17) is 9.47 Å². The van der Waals surface area contributed by atoms with Gasteiger partial charge >= 0.3 is 0 Å². The average molecular weight is 419 g/mol. The molecule has 0 N–H and O–H groups in total. The molecule has 0 spiro atoms. The molecular formula is C21H26N2O5S. The lowest BCUT2D eigenvalue weighted by Gasteiger charge is -2.34. The summed E-state index contributed by atoms with van der Waals surface area (Å²) in [6, 6.07) is 12.4. The lowest BCUT2D eigenvalue weighted by Crippen LogP contribution is -2.51. The first-order chi connectivity index (χ1) is 13.8. The van der Waals surface area contributed by atoms with Crippen molar-refractivity contribution in [1.82, 2.24) is 9.21 Å². The average Bonchev–Trinajstić information content (AvgIpc) is 2.72. The van der Waals surface area contributed by atoms with Crippen LogP contribution in [0.15, 0.2) is 47.4 Å². The summed E-state index contributed by atoms with van der Waals surface area (Å²) in [6.07, 6.45) is 0. The number of hydrogen-bond acceptors (Lipinski definition) is 5. The Labute approximate surface area is 171 Å². The molecule has 0 unspecified atom stereocenters. The third-order valence-corrected chi connectivity index (χ3v) is 7.02. The molecular weight excluding hydrogens is 392 g/mol. The Hall–Kier alpha value is -2.58. The molecule has 1 saturated heterocycles. The highest BCUT2D eigenvalue weighted by molar-refractivity contribution is 7.89. The lowest BCUT2D eigenvalue weighted by atomic mass is 10.2. The van der Waals surface area contributed by atoms with Gasteiger partial charge in [-0.15, -0.1) is 0 Å². The Morgan fingerprint density at radius 2 is 1.66 bits per heavy atom. The normalized spacial score (nSPS) is 15.2. The summed E-state index contributed by atoms with van der Waals surface area (Å²) in [5, 5.41) is 0. The van der Waals surface area contributed by atoms with Crippen molar-refractivity contribution in [3.05, 3.63) is 53.6 Å². The molecule has 0 bridgehead atoms. The molecule has 1 amide bonds. The van der Waals surface area contributed by atoms with Gasteiger partial charge in [0.25, 0.3) is 5.91 Å². The van der Waals surface area contributed by atoms with Crippen LogP contribution in [-0.2, 0) is 14.8 Å². The maximum absolute atomic E-state index is 13.0. The Balaban J connectivity index is 1.59. The van der Waals surface area contributed by atoms with Crippen LogP contribution >= 0.6 is 0 Å². The zero-order valence-electron chi connectivity index (χ0n) is 16.9. The first-order valence-corrected chi connectivity index (χ1v) is 10.9. The predicted molar refractivity (Wildman–Crippen MR) is 110 cm³/mol. The van der Waals surface area contributed by atoms with E-state index in [0.717, 1.165) is 11.1 Å². The molecule has 2 aromatic carbocycles. The van der Waals surface area contributed by atoms with E-state index in [-0.39, 0.29) is 25.6 Å². The highest BCUT2D eigenvalue weighted by atomic mass is 32.2. The third-order valence-electron chi connectivity index (χ3n) is 4.96. The first-order valence-electron chi connectivity index (χ1n) is 9.44. The molecule has 1 aliphatic heterocycles. The fraction of sp³-hybridized carbons (Fsp3) is 0.381. The van der Waals surface area contributed by atoms with E-state index >= 15 is 0 Å². The van der Waals surface area contributed by atoms with Gasteiger partial charge in [0.1, 0.15) is 0 Å². The predicted octanol–water partition coefficient (Wildman–Crippen LogP) is 2.22. The van der Waals surface area contributed by atoms with Crippen LogP contribution in [0, 0.1) is 13.8 Å². The summed E-state index contributed by atoms with van der Waals surface area (Å²) in [4.78, 5) is 14.4. The molecule has 0 atom stereocenters. The van der Waals surface area contributed by atoms with E-state index in [0.29, 0.717) is 29.5 Å². The fourth-order valence-electron chi connectivity index (χ4n) is 3.37. The summed E-state index contributed by atoms with van der Waals surface area (Å²) < 4.78 is 38.2. The molecule has 7 nitrogen and oxygen atoms in total. The number of nitrogens with zero attached hydrogens (tertiary/aromatic N) is 2. The molecule has 3 rings (SSSR count). The van der Waals surface area contributed by atoms with Gasteiger partial charge in [-0.3, -0.25) is 4.79 Å². The van der Waals surface area contributed by atoms with Crippen molar-refractivity contribution in [2.24, 2.45) is 0 Å². The van der Waals surface area contributed by atoms with E-state index in [1.165, 1.54) is 4.31 Å². The quantitative estimate of drug-likeness (QED) is 0.719. The van der Waals surface area contributed by atoms with E-state index in [1.54, 1.807) is 49.3 Å². The van der Waals surface area contributed by atoms with Gasteiger partial charge in [-0.1, -0.05) is 29.8 Å². The fourth-order valence-corrected chi connectivity index (χ4v) is 5.00. The summed E-state index contributed by atoms with van der Waals surface area (Å²) in [5.41, 5.74) is 1.75.